The molecule has 5 heteroatoms. The number of rotatable bonds is 3. The third kappa shape index (κ3) is 2.56. The smallest absolute Gasteiger partial charge is 0.139 e. The van der Waals surface area contributed by atoms with Gasteiger partial charge in [0.05, 0.1) is 28.8 Å². The van der Waals surface area contributed by atoms with Crippen LogP contribution in [0.4, 0.5) is 5.69 Å². The molecule has 0 radical (unpaired) electrons. The highest BCUT2D eigenvalue weighted by Crippen LogP contribution is 2.33. The van der Waals surface area contributed by atoms with Crippen LogP contribution in [0.1, 0.15) is 0 Å². The molecule has 0 heterocycles. The molecular weight excluding hydrogens is 232 g/mol. The third-order valence-corrected chi connectivity index (χ3v) is 2.24. The molecule has 0 aliphatic heterocycles. The van der Waals surface area contributed by atoms with Gasteiger partial charge in [-0.2, -0.15) is 0 Å². The molecule has 0 aliphatic carbocycles. The Hall–Kier alpha value is -0.310. The highest BCUT2D eigenvalue weighted by Gasteiger charge is 2.06. The first-order valence-corrected chi connectivity index (χ1v) is 4.81. The van der Waals surface area contributed by atoms with Gasteiger partial charge in [0.2, 0.25) is 0 Å². The van der Waals surface area contributed by atoms with Gasteiger partial charge in [-0.1, -0.05) is 23.2 Å². The summed E-state index contributed by atoms with van der Waals surface area (Å²) in [4.78, 5) is 0. The summed E-state index contributed by atoms with van der Waals surface area (Å²) < 4.78 is 4.98. The first-order chi connectivity index (χ1) is 6.19. The van der Waals surface area contributed by atoms with Crippen molar-refractivity contribution in [3.05, 3.63) is 22.2 Å². The number of anilines is 1. The minimum atomic E-state index is 0.280. The van der Waals surface area contributed by atoms with E-state index >= 15 is 0 Å². The second-order valence-corrected chi connectivity index (χ2v) is 3.36. The zero-order chi connectivity index (χ0) is 9.84. The fourth-order valence-corrected chi connectivity index (χ4v) is 1.50. The number of alkyl halides is 1. The van der Waals surface area contributed by atoms with E-state index in [-0.39, 0.29) is 6.00 Å². The molecular formula is C8H8Cl3NO. The van der Waals surface area contributed by atoms with Gasteiger partial charge in [-0.15, -0.1) is 11.6 Å². The predicted octanol–water partition coefficient (Wildman–Crippen LogP) is 3.61. The van der Waals surface area contributed by atoms with Crippen LogP contribution in [0.5, 0.6) is 5.75 Å². The van der Waals surface area contributed by atoms with Gasteiger partial charge in [-0.25, -0.2) is 0 Å². The number of methoxy groups -OCH3 is 1. The average Bonchev–Trinajstić information content (AvgIpc) is 2.11. The molecule has 1 rings (SSSR count). The molecule has 0 unspecified atom stereocenters. The summed E-state index contributed by atoms with van der Waals surface area (Å²) in [5, 5.41) is 3.89. The molecule has 72 valence electrons. The van der Waals surface area contributed by atoms with Crippen molar-refractivity contribution in [3.8, 4) is 5.75 Å². The first-order valence-electron chi connectivity index (χ1n) is 3.52. The van der Waals surface area contributed by atoms with Crippen LogP contribution in [0.3, 0.4) is 0 Å². The molecule has 0 amide bonds. The summed E-state index contributed by atoms with van der Waals surface area (Å²) in [5.74, 6) is 0.548. The Bertz CT molecular complexity index is 304. The van der Waals surface area contributed by atoms with Crippen molar-refractivity contribution in [2.75, 3.05) is 18.4 Å². The molecule has 13 heavy (non-hydrogen) atoms. The third-order valence-electron chi connectivity index (χ3n) is 1.50. The first kappa shape index (κ1) is 10.8. The van der Waals surface area contributed by atoms with E-state index in [4.69, 9.17) is 39.5 Å². The van der Waals surface area contributed by atoms with Crippen LogP contribution in [0.15, 0.2) is 12.1 Å². The largest absolute Gasteiger partial charge is 0.495 e. The van der Waals surface area contributed by atoms with E-state index in [1.54, 1.807) is 12.1 Å². The Morgan fingerprint density at radius 3 is 2.54 bits per heavy atom. The van der Waals surface area contributed by atoms with E-state index in [1.165, 1.54) is 7.11 Å². The molecule has 0 aliphatic rings. The number of ether oxygens (including phenoxy) is 1. The summed E-state index contributed by atoms with van der Waals surface area (Å²) in [6.45, 7) is 0. The van der Waals surface area contributed by atoms with Crippen LogP contribution in [0.2, 0.25) is 10.0 Å². The van der Waals surface area contributed by atoms with Crippen molar-refractivity contribution in [2.24, 2.45) is 0 Å². The van der Waals surface area contributed by atoms with E-state index in [1.807, 2.05) is 0 Å². The van der Waals surface area contributed by atoms with E-state index < -0.39 is 0 Å². The standard InChI is InChI=1S/C8H8Cl3NO/c1-13-8-3-5(10)7(12-4-9)2-6(8)11/h2-3,12H,4H2,1H3. The number of hydrogen-bond donors (Lipinski definition) is 1. The Kier molecular flexibility index (Phi) is 3.97. The number of hydrogen-bond acceptors (Lipinski definition) is 2. The van der Waals surface area contributed by atoms with Gasteiger partial charge in [0.1, 0.15) is 5.75 Å². The van der Waals surface area contributed by atoms with E-state index in [0.717, 1.165) is 0 Å². The Morgan fingerprint density at radius 2 is 2.00 bits per heavy atom. The minimum absolute atomic E-state index is 0.280. The van der Waals surface area contributed by atoms with Crippen molar-refractivity contribution in [2.45, 2.75) is 0 Å². The highest BCUT2D eigenvalue weighted by atomic mass is 35.5. The van der Waals surface area contributed by atoms with Crippen LogP contribution in [-0.4, -0.2) is 13.1 Å². The summed E-state index contributed by atoms with van der Waals surface area (Å²) >= 11 is 17.3. The number of halogens is 3. The number of benzene rings is 1. The number of nitrogens with one attached hydrogen (secondary N) is 1. The maximum Gasteiger partial charge on any atom is 0.139 e. The lowest BCUT2D eigenvalue weighted by Crippen LogP contribution is -1.95. The maximum absolute atomic E-state index is 5.90. The SMILES string of the molecule is COc1cc(Cl)c(NCCl)cc1Cl. The molecule has 0 aromatic heterocycles. The molecule has 1 aromatic rings. The molecule has 0 fully saturated rings. The quantitative estimate of drug-likeness (QED) is 0.644. The van der Waals surface area contributed by atoms with E-state index in [0.29, 0.717) is 21.5 Å². The summed E-state index contributed by atoms with van der Waals surface area (Å²) in [6.07, 6.45) is 0. The van der Waals surface area contributed by atoms with Gasteiger partial charge in [0, 0.05) is 6.07 Å². The summed E-state index contributed by atoms with van der Waals surface area (Å²) in [7, 11) is 1.53. The lowest BCUT2D eigenvalue weighted by molar-refractivity contribution is 0.415. The lowest BCUT2D eigenvalue weighted by Gasteiger charge is -2.08. The monoisotopic (exact) mass is 239 g/mol. The molecule has 0 bridgehead atoms. The zero-order valence-corrected chi connectivity index (χ0v) is 9.17. The molecule has 1 N–H and O–H groups in total. The maximum atomic E-state index is 5.90. The Morgan fingerprint density at radius 1 is 1.31 bits per heavy atom. The highest BCUT2D eigenvalue weighted by molar-refractivity contribution is 6.36. The van der Waals surface area contributed by atoms with E-state index in [2.05, 4.69) is 5.32 Å². The van der Waals surface area contributed by atoms with Gasteiger partial charge in [-0.3, -0.25) is 0 Å². The van der Waals surface area contributed by atoms with Crippen LogP contribution < -0.4 is 10.1 Å². The van der Waals surface area contributed by atoms with Gasteiger partial charge in [-0.05, 0) is 6.07 Å². The van der Waals surface area contributed by atoms with E-state index in [9.17, 15) is 0 Å². The van der Waals surface area contributed by atoms with Crippen LogP contribution in [0, 0.1) is 0 Å². The lowest BCUT2D eigenvalue weighted by atomic mass is 10.3. The molecule has 2 nitrogen and oxygen atoms in total. The van der Waals surface area contributed by atoms with Crippen molar-refractivity contribution >= 4 is 40.5 Å². The second-order valence-electron chi connectivity index (χ2n) is 2.28. The molecule has 0 saturated heterocycles. The fourth-order valence-electron chi connectivity index (χ4n) is 0.892. The van der Waals surface area contributed by atoms with Gasteiger partial charge in [0.25, 0.3) is 0 Å². The normalized spacial score (nSPS) is 9.85. The van der Waals surface area contributed by atoms with Crippen molar-refractivity contribution < 1.29 is 4.74 Å². The molecule has 0 spiro atoms. The van der Waals surface area contributed by atoms with Gasteiger partial charge >= 0.3 is 0 Å². The summed E-state index contributed by atoms with van der Waals surface area (Å²) in [6, 6.07) is 3.59. The van der Waals surface area contributed by atoms with Gasteiger partial charge < -0.3 is 10.1 Å². The molecule has 0 saturated carbocycles. The zero-order valence-electron chi connectivity index (χ0n) is 6.90. The average molecular weight is 241 g/mol. The van der Waals surface area contributed by atoms with Crippen LogP contribution in [0.25, 0.3) is 0 Å². The van der Waals surface area contributed by atoms with Gasteiger partial charge in [0.15, 0.2) is 0 Å². The molecule has 1 aromatic carbocycles. The van der Waals surface area contributed by atoms with Crippen molar-refractivity contribution in [1.82, 2.24) is 0 Å². The summed E-state index contributed by atoms with van der Waals surface area (Å²) in [5.41, 5.74) is 0.697. The van der Waals surface area contributed by atoms with Crippen LogP contribution in [-0.2, 0) is 0 Å². The van der Waals surface area contributed by atoms with Crippen LogP contribution >= 0.6 is 34.8 Å². The van der Waals surface area contributed by atoms with Crippen molar-refractivity contribution in [1.29, 1.82) is 0 Å². The Labute approximate surface area is 91.7 Å². The Balaban J connectivity index is 3.05. The topological polar surface area (TPSA) is 21.3 Å². The fraction of sp³-hybridized carbons (Fsp3) is 0.250. The second kappa shape index (κ2) is 4.80. The van der Waals surface area contributed by atoms with Crippen molar-refractivity contribution in [3.63, 3.8) is 0 Å². The molecule has 0 atom stereocenters. The minimum Gasteiger partial charge on any atom is -0.495 e. The predicted molar refractivity (Wildman–Crippen MR) is 57.4 cm³/mol.